The summed E-state index contributed by atoms with van der Waals surface area (Å²) in [5.41, 5.74) is -0.993. The van der Waals surface area contributed by atoms with Crippen molar-refractivity contribution in [3.8, 4) is 0 Å². The first-order valence-electron chi connectivity index (χ1n) is 6.22. The number of piperidine rings is 1. The highest BCUT2D eigenvalue weighted by atomic mass is 79.9. The summed E-state index contributed by atoms with van der Waals surface area (Å²) in [6.45, 7) is 1.72. The minimum absolute atomic E-state index is 0.00695. The van der Waals surface area contributed by atoms with E-state index in [1.165, 1.54) is 6.92 Å². The first-order valence-corrected chi connectivity index (χ1v) is 7.01. The topological polar surface area (TPSA) is 16.1 Å². The van der Waals surface area contributed by atoms with Gasteiger partial charge in [-0.2, -0.15) is 22.0 Å². The van der Waals surface area contributed by atoms with Crippen molar-refractivity contribution in [3.05, 3.63) is 33.5 Å². The Morgan fingerprint density at radius 3 is 2.57 bits per heavy atom. The van der Waals surface area contributed by atoms with Gasteiger partial charge in [0.05, 0.1) is 15.7 Å². The third-order valence-corrected chi connectivity index (χ3v) is 3.89. The molecule has 2 nitrogen and oxygen atoms in total. The van der Waals surface area contributed by atoms with Gasteiger partial charge in [-0.3, -0.25) is 0 Å². The Kier molecular flexibility index (Phi) is 4.55. The second-order valence-electron chi connectivity index (χ2n) is 4.81. The van der Waals surface area contributed by atoms with Crippen molar-refractivity contribution < 1.29 is 22.0 Å². The van der Waals surface area contributed by atoms with Crippen LogP contribution in [0.15, 0.2) is 22.2 Å². The van der Waals surface area contributed by atoms with Crippen molar-refractivity contribution in [3.63, 3.8) is 0 Å². The molecule has 0 amide bonds. The minimum Gasteiger partial charge on any atom is -0.351 e. The molecule has 2 heterocycles. The Hall–Kier alpha value is -1.18. The Balaban J connectivity index is 2.37. The fourth-order valence-corrected chi connectivity index (χ4v) is 2.85. The highest BCUT2D eigenvalue weighted by Gasteiger charge is 2.34. The molecular formula is C13H12BrF5N2. The lowest BCUT2D eigenvalue weighted by Gasteiger charge is -2.30. The van der Waals surface area contributed by atoms with Gasteiger partial charge in [0, 0.05) is 18.7 Å². The van der Waals surface area contributed by atoms with Gasteiger partial charge >= 0.3 is 6.18 Å². The number of halogens is 6. The number of aryl methyl sites for hydroxylation is 1. The van der Waals surface area contributed by atoms with Gasteiger partial charge in [0.2, 0.25) is 0 Å². The lowest BCUT2D eigenvalue weighted by atomic mass is 10.1. The van der Waals surface area contributed by atoms with Crippen molar-refractivity contribution in [2.45, 2.75) is 25.9 Å². The van der Waals surface area contributed by atoms with Gasteiger partial charge < -0.3 is 4.90 Å². The molecule has 0 atom stereocenters. The van der Waals surface area contributed by atoms with Crippen LogP contribution in [0.4, 0.5) is 27.8 Å². The molecule has 0 aromatic carbocycles. The number of alkyl halides is 3. The maximum absolute atomic E-state index is 12.8. The maximum Gasteiger partial charge on any atom is 0.418 e. The van der Waals surface area contributed by atoms with Crippen molar-refractivity contribution in [2.75, 3.05) is 18.0 Å². The molecule has 0 aliphatic carbocycles. The van der Waals surface area contributed by atoms with Crippen LogP contribution in [0, 0.1) is 6.92 Å². The number of rotatable bonds is 1. The molecule has 0 spiro atoms. The van der Waals surface area contributed by atoms with E-state index in [0.717, 1.165) is 6.07 Å². The van der Waals surface area contributed by atoms with Gasteiger partial charge in [-0.15, -0.1) is 0 Å². The molecule has 21 heavy (non-hydrogen) atoms. The van der Waals surface area contributed by atoms with Crippen LogP contribution in [-0.4, -0.2) is 18.1 Å². The van der Waals surface area contributed by atoms with Crippen LogP contribution >= 0.6 is 15.9 Å². The van der Waals surface area contributed by atoms with Crippen LogP contribution < -0.4 is 4.90 Å². The number of pyridine rings is 1. The van der Waals surface area contributed by atoms with Gasteiger partial charge in [-0.25, -0.2) is 4.98 Å². The van der Waals surface area contributed by atoms with E-state index >= 15 is 0 Å². The van der Waals surface area contributed by atoms with Gasteiger partial charge in [-0.1, -0.05) is 0 Å². The molecular weight excluding hydrogens is 359 g/mol. The molecule has 8 heteroatoms. The average molecular weight is 371 g/mol. The lowest BCUT2D eigenvalue weighted by Crippen LogP contribution is -2.32. The molecule has 1 fully saturated rings. The number of hydrogen-bond donors (Lipinski definition) is 0. The van der Waals surface area contributed by atoms with Gasteiger partial charge in [0.15, 0.2) is 0 Å². The average Bonchev–Trinajstić information content (AvgIpc) is 2.40. The molecule has 2 rings (SSSR count). The summed E-state index contributed by atoms with van der Waals surface area (Å²) in [6.07, 6.45) is -5.40. The molecule has 1 aromatic rings. The van der Waals surface area contributed by atoms with Crippen LogP contribution in [-0.2, 0) is 6.18 Å². The standard InChI is InChI=1S/C13H12BrF5N2/c1-7-9(13(17,18)19)5-10(14)12(20-7)21-4-2-3-8(6-21)11(15)16/h5H,2-4,6H2,1H3. The van der Waals surface area contributed by atoms with Crippen LogP contribution in [0.3, 0.4) is 0 Å². The molecule has 1 aromatic heterocycles. The summed E-state index contributed by atoms with van der Waals surface area (Å²) >= 11 is 3.06. The number of nitrogens with zero attached hydrogens (tertiary/aromatic N) is 2. The lowest BCUT2D eigenvalue weighted by molar-refractivity contribution is -0.138. The molecule has 1 aliphatic heterocycles. The Morgan fingerprint density at radius 2 is 2.00 bits per heavy atom. The van der Waals surface area contributed by atoms with E-state index in [2.05, 4.69) is 20.9 Å². The SMILES string of the molecule is Cc1nc(N2CCCC(=C(F)F)C2)c(Br)cc1C(F)(F)F. The third kappa shape index (κ3) is 3.53. The number of aromatic nitrogens is 1. The Labute approximate surface area is 126 Å². The first-order chi connectivity index (χ1) is 9.70. The zero-order chi connectivity index (χ0) is 15.8. The highest BCUT2D eigenvalue weighted by Crippen LogP contribution is 2.37. The van der Waals surface area contributed by atoms with Gasteiger partial charge in [-0.05, 0) is 41.8 Å². The predicted molar refractivity (Wildman–Crippen MR) is 72.4 cm³/mol. The zero-order valence-electron chi connectivity index (χ0n) is 11.1. The van der Waals surface area contributed by atoms with Crippen molar-refractivity contribution in [1.29, 1.82) is 0 Å². The minimum atomic E-state index is -4.49. The van der Waals surface area contributed by atoms with E-state index in [9.17, 15) is 22.0 Å². The van der Waals surface area contributed by atoms with E-state index in [-0.39, 0.29) is 28.1 Å². The normalized spacial score (nSPS) is 16.3. The van der Waals surface area contributed by atoms with Crippen LogP contribution in [0.2, 0.25) is 0 Å². The maximum atomic E-state index is 12.8. The largest absolute Gasteiger partial charge is 0.418 e. The summed E-state index contributed by atoms with van der Waals surface area (Å²) in [5, 5.41) is 0. The summed E-state index contributed by atoms with van der Waals surface area (Å²) in [5.74, 6) is 0.263. The third-order valence-electron chi connectivity index (χ3n) is 3.31. The molecule has 1 aliphatic rings. The van der Waals surface area contributed by atoms with Gasteiger partial charge in [0.1, 0.15) is 5.82 Å². The predicted octanol–water partition coefficient (Wildman–Crippen LogP) is 4.92. The molecule has 0 bridgehead atoms. The van der Waals surface area contributed by atoms with Crippen LogP contribution in [0.1, 0.15) is 24.1 Å². The molecule has 0 unspecified atom stereocenters. The van der Waals surface area contributed by atoms with E-state index in [1.807, 2.05) is 0 Å². The van der Waals surface area contributed by atoms with E-state index in [1.54, 1.807) is 4.90 Å². The summed E-state index contributed by atoms with van der Waals surface area (Å²) in [6, 6.07) is 0.946. The summed E-state index contributed by atoms with van der Waals surface area (Å²) in [4.78, 5) is 5.51. The monoisotopic (exact) mass is 370 g/mol. The second-order valence-corrected chi connectivity index (χ2v) is 5.67. The van der Waals surface area contributed by atoms with Crippen LogP contribution in [0.5, 0.6) is 0 Å². The van der Waals surface area contributed by atoms with E-state index in [0.29, 0.717) is 19.4 Å². The smallest absolute Gasteiger partial charge is 0.351 e. The van der Waals surface area contributed by atoms with Crippen molar-refractivity contribution in [2.24, 2.45) is 0 Å². The molecule has 0 N–H and O–H groups in total. The molecule has 116 valence electrons. The van der Waals surface area contributed by atoms with E-state index in [4.69, 9.17) is 0 Å². The summed E-state index contributed by atoms with van der Waals surface area (Å²) in [7, 11) is 0. The zero-order valence-corrected chi connectivity index (χ0v) is 12.7. The van der Waals surface area contributed by atoms with E-state index < -0.39 is 17.8 Å². The fourth-order valence-electron chi connectivity index (χ4n) is 2.28. The molecule has 0 saturated carbocycles. The second kappa shape index (κ2) is 5.90. The van der Waals surface area contributed by atoms with Crippen molar-refractivity contribution in [1.82, 2.24) is 4.98 Å². The quantitative estimate of drug-likeness (QED) is 0.652. The van der Waals surface area contributed by atoms with Crippen molar-refractivity contribution >= 4 is 21.7 Å². The Morgan fingerprint density at radius 1 is 1.33 bits per heavy atom. The molecule has 0 radical (unpaired) electrons. The van der Waals surface area contributed by atoms with Gasteiger partial charge in [0.25, 0.3) is 6.08 Å². The fraction of sp³-hybridized carbons (Fsp3) is 0.462. The Bertz CT molecular complexity index is 579. The number of hydrogen-bond acceptors (Lipinski definition) is 2. The summed E-state index contributed by atoms with van der Waals surface area (Å²) < 4.78 is 63.9. The highest BCUT2D eigenvalue weighted by molar-refractivity contribution is 9.10. The number of anilines is 1. The first kappa shape index (κ1) is 16.2. The van der Waals surface area contributed by atoms with Crippen LogP contribution in [0.25, 0.3) is 0 Å². The molecule has 1 saturated heterocycles.